The minimum atomic E-state index is 0.309. The topological polar surface area (TPSA) is 38.2 Å². The van der Waals surface area contributed by atoms with Crippen LogP contribution in [0.15, 0.2) is 36.5 Å². The number of hydrogen-bond acceptors (Lipinski definition) is 4. The molecule has 0 N–H and O–H groups in total. The van der Waals surface area contributed by atoms with Gasteiger partial charge in [0, 0.05) is 25.4 Å². The van der Waals surface area contributed by atoms with Gasteiger partial charge in [-0.3, -0.25) is 0 Å². The maximum atomic E-state index is 5.14. The second kappa shape index (κ2) is 6.37. The van der Waals surface area contributed by atoms with E-state index in [0.29, 0.717) is 17.9 Å². The van der Waals surface area contributed by atoms with E-state index in [4.69, 9.17) is 4.74 Å². The van der Waals surface area contributed by atoms with Gasteiger partial charge in [0.05, 0.1) is 7.11 Å². The molecule has 0 saturated carbocycles. The first-order valence-electron chi connectivity index (χ1n) is 6.76. The van der Waals surface area contributed by atoms with Gasteiger partial charge in [-0.05, 0) is 31.4 Å². The molecule has 2 rings (SSSR count). The molecule has 0 spiro atoms. The number of aromatic nitrogens is 2. The lowest BCUT2D eigenvalue weighted by Crippen LogP contribution is -2.32. The van der Waals surface area contributed by atoms with Crippen molar-refractivity contribution in [2.75, 3.05) is 19.1 Å². The van der Waals surface area contributed by atoms with E-state index in [1.165, 1.54) is 11.1 Å². The van der Waals surface area contributed by atoms with Crippen molar-refractivity contribution in [3.8, 4) is 5.88 Å². The first kappa shape index (κ1) is 14.3. The SMILES string of the molecule is COc1ccnc(N(C)C(C)Cc2ccccc2C)n1. The van der Waals surface area contributed by atoms with Crippen LogP contribution in [-0.4, -0.2) is 30.2 Å². The van der Waals surface area contributed by atoms with E-state index in [2.05, 4.69) is 53.0 Å². The molecule has 0 radical (unpaired) electrons. The zero-order chi connectivity index (χ0) is 14.5. The van der Waals surface area contributed by atoms with E-state index in [1.807, 2.05) is 7.05 Å². The average Bonchev–Trinajstić information content (AvgIpc) is 2.48. The molecule has 1 aromatic heterocycles. The number of nitrogens with zero attached hydrogens (tertiary/aromatic N) is 3. The summed E-state index contributed by atoms with van der Waals surface area (Å²) in [4.78, 5) is 10.8. The minimum absolute atomic E-state index is 0.309. The van der Waals surface area contributed by atoms with Gasteiger partial charge < -0.3 is 9.64 Å². The lowest BCUT2D eigenvalue weighted by molar-refractivity contribution is 0.396. The smallest absolute Gasteiger partial charge is 0.228 e. The molecule has 1 unspecified atom stereocenters. The van der Waals surface area contributed by atoms with E-state index < -0.39 is 0 Å². The van der Waals surface area contributed by atoms with E-state index in [0.717, 1.165) is 6.42 Å². The van der Waals surface area contributed by atoms with E-state index in [-0.39, 0.29) is 0 Å². The van der Waals surface area contributed by atoms with Crippen LogP contribution >= 0.6 is 0 Å². The maximum absolute atomic E-state index is 5.14. The standard InChI is InChI=1S/C16H21N3O/c1-12-7-5-6-8-14(12)11-13(2)19(3)16-17-10-9-15(18-16)20-4/h5-10,13H,11H2,1-4H3. The summed E-state index contributed by atoms with van der Waals surface area (Å²) in [5.74, 6) is 1.27. The molecule has 0 aliphatic carbocycles. The van der Waals surface area contributed by atoms with Crippen molar-refractivity contribution < 1.29 is 4.74 Å². The lowest BCUT2D eigenvalue weighted by atomic mass is 10.0. The van der Waals surface area contributed by atoms with Gasteiger partial charge >= 0.3 is 0 Å². The fraction of sp³-hybridized carbons (Fsp3) is 0.375. The zero-order valence-corrected chi connectivity index (χ0v) is 12.5. The number of rotatable bonds is 5. The predicted octanol–water partition coefficient (Wildman–Crippen LogP) is 2.86. The Kier molecular flexibility index (Phi) is 4.56. The highest BCUT2D eigenvalue weighted by Crippen LogP contribution is 2.17. The van der Waals surface area contributed by atoms with Crippen LogP contribution in [0.1, 0.15) is 18.1 Å². The number of aryl methyl sites for hydroxylation is 1. The van der Waals surface area contributed by atoms with Gasteiger partial charge in [-0.15, -0.1) is 0 Å². The van der Waals surface area contributed by atoms with Crippen molar-refractivity contribution in [1.82, 2.24) is 9.97 Å². The predicted molar refractivity (Wildman–Crippen MR) is 81.3 cm³/mol. The second-order valence-corrected chi connectivity index (χ2v) is 4.99. The Labute approximate surface area is 120 Å². The highest BCUT2D eigenvalue weighted by molar-refractivity contribution is 5.34. The average molecular weight is 271 g/mol. The van der Waals surface area contributed by atoms with Crippen LogP contribution in [0.4, 0.5) is 5.95 Å². The van der Waals surface area contributed by atoms with Gasteiger partial charge in [0.25, 0.3) is 0 Å². The van der Waals surface area contributed by atoms with Gasteiger partial charge in [-0.25, -0.2) is 4.98 Å². The summed E-state index contributed by atoms with van der Waals surface area (Å²) < 4.78 is 5.14. The van der Waals surface area contributed by atoms with Crippen LogP contribution < -0.4 is 9.64 Å². The first-order valence-corrected chi connectivity index (χ1v) is 6.76. The number of anilines is 1. The number of benzene rings is 1. The van der Waals surface area contributed by atoms with E-state index in [1.54, 1.807) is 19.4 Å². The molecule has 0 aliphatic heterocycles. The van der Waals surface area contributed by atoms with Gasteiger partial charge in [0.1, 0.15) is 0 Å². The summed E-state index contributed by atoms with van der Waals surface area (Å²) in [6, 6.07) is 10.5. The Balaban J connectivity index is 2.12. The monoisotopic (exact) mass is 271 g/mol. The lowest BCUT2D eigenvalue weighted by Gasteiger charge is -2.25. The third-order valence-electron chi connectivity index (χ3n) is 3.58. The van der Waals surface area contributed by atoms with Crippen LogP contribution in [0.5, 0.6) is 5.88 Å². The Morgan fingerprint density at radius 3 is 2.70 bits per heavy atom. The number of likely N-dealkylation sites (N-methyl/N-ethyl adjacent to an activating group) is 1. The minimum Gasteiger partial charge on any atom is -0.481 e. The van der Waals surface area contributed by atoms with Crippen molar-refractivity contribution in [2.24, 2.45) is 0 Å². The second-order valence-electron chi connectivity index (χ2n) is 4.99. The summed E-state index contributed by atoms with van der Waals surface area (Å²) >= 11 is 0. The quantitative estimate of drug-likeness (QED) is 0.838. The number of hydrogen-bond donors (Lipinski definition) is 0. The van der Waals surface area contributed by atoms with Gasteiger partial charge in [0.15, 0.2) is 0 Å². The summed E-state index contributed by atoms with van der Waals surface area (Å²) in [7, 11) is 3.63. The third kappa shape index (κ3) is 3.26. The van der Waals surface area contributed by atoms with Crippen molar-refractivity contribution >= 4 is 5.95 Å². The Hall–Kier alpha value is -2.10. The van der Waals surface area contributed by atoms with Crippen LogP contribution in [0.25, 0.3) is 0 Å². The van der Waals surface area contributed by atoms with Crippen molar-refractivity contribution in [3.63, 3.8) is 0 Å². The zero-order valence-electron chi connectivity index (χ0n) is 12.5. The highest BCUT2D eigenvalue weighted by Gasteiger charge is 2.14. The van der Waals surface area contributed by atoms with Gasteiger partial charge in [-0.2, -0.15) is 4.98 Å². The summed E-state index contributed by atoms with van der Waals surface area (Å²) in [6.45, 7) is 4.32. The number of methoxy groups -OCH3 is 1. The van der Waals surface area contributed by atoms with Gasteiger partial charge in [0.2, 0.25) is 11.8 Å². The molecule has 1 heterocycles. The molecule has 20 heavy (non-hydrogen) atoms. The van der Waals surface area contributed by atoms with Gasteiger partial charge in [-0.1, -0.05) is 24.3 Å². The highest BCUT2D eigenvalue weighted by atomic mass is 16.5. The van der Waals surface area contributed by atoms with E-state index >= 15 is 0 Å². The normalized spacial score (nSPS) is 12.0. The van der Waals surface area contributed by atoms with Crippen molar-refractivity contribution in [1.29, 1.82) is 0 Å². The Morgan fingerprint density at radius 1 is 1.25 bits per heavy atom. The largest absolute Gasteiger partial charge is 0.481 e. The summed E-state index contributed by atoms with van der Waals surface area (Å²) in [5, 5.41) is 0. The molecule has 1 atom stereocenters. The van der Waals surface area contributed by atoms with Crippen LogP contribution in [0, 0.1) is 6.92 Å². The van der Waals surface area contributed by atoms with E-state index in [9.17, 15) is 0 Å². The van der Waals surface area contributed by atoms with Crippen LogP contribution in [0.3, 0.4) is 0 Å². The molecule has 4 nitrogen and oxygen atoms in total. The summed E-state index contributed by atoms with van der Waals surface area (Å²) in [6.07, 6.45) is 2.68. The van der Waals surface area contributed by atoms with Crippen LogP contribution in [0.2, 0.25) is 0 Å². The van der Waals surface area contributed by atoms with Crippen molar-refractivity contribution in [3.05, 3.63) is 47.7 Å². The molecule has 1 aromatic carbocycles. The first-order chi connectivity index (χ1) is 9.61. The molecular weight excluding hydrogens is 250 g/mol. The molecule has 106 valence electrons. The molecule has 0 fully saturated rings. The number of ether oxygens (including phenoxy) is 1. The fourth-order valence-corrected chi connectivity index (χ4v) is 2.11. The third-order valence-corrected chi connectivity index (χ3v) is 3.58. The molecule has 2 aromatic rings. The maximum Gasteiger partial charge on any atom is 0.228 e. The molecule has 4 heteroatoms. The van der Waals surface area contributed by atoms with Crippen LogP contribution in [-0.2, 0) is 6.42 Å². The molecular formula is C16H21N3O. The van der Waals surface area contributed by atoms with Crippen molar-refractivity contribution in [2.45, 2.75) is 26.3 Å². The molecule has 0 aliphatic rings. The molecule has 0 amide bonds. The Morgan fingerprint density at radius 2 is 2.00 bits per heavy atom. The molecule has 0 saturated heterocycles. The molecule has 0 bridgehead atoms. The summed E-state index contributed by atoms with van der Waals surface area (Å²) in [5.41, 5.74) is 2.68. The Bertz CT molecular complexity index is 571. The fourth-order valence-electron chi connectivity index (χ4n) is 2.11.